The number of nitrogens with one attached hydrogen (secondary N) is 1. The van der Waals surface area contributed by atoms with Gasteiger partial charge in [0.2, 0.25) is 0 Å². The maximum atomic E-state index is 12.5. The predicted molar refractivity (Wildman–Crippen MR) is 93.6 cm³/mol. The molecule has 1 N–H and O–H groups in total. The van der Waals surface area contributed by atoms with E-state index >= 15 is 0 Å². The van der Waals surface area contributed by atoms with E-state index in [1.807, 2.05) is 60.3 Å². The molecule has 1 amide bonds. The average Bonchev–Trinajstić information content (AvgIpc) is 3.00. The molecule has 1 heterocycles. The molecule has 2 aromatic carbocycles. The Morgan fingerprint density at radius 3 is 2.62 bits per heavy atom. The van der Waals surface area contributed by atoms with Crippen LogP contribution in [-0.2, 0) is 13.6 Å². The zero-order chi connectivity index (χ0) is 17.1. The fourth-order valence-electron chi connectivity index (χ4n) is 2.77. The summed E-state index contributed by atoms with van der Waals surface area (Å²) in [6.07, 6.45) is 1.95. The Balaban J connectivity index is 1.78. The number of amides is 1. The standard InChI is InChI=1S/C19H20N2O3/c1-21-10-9-14-15(5-4-6-16(14)21)19(22)20-12-13-7-8-17(23-2)18(11-13)24-3/h4-11H,12H2,1-3H3,(H,20,22). The summed E-state index contributed by atoms with van der Waals surface area (Å²) < 4.78 is 12.5. The molecule has 0 unspecified atom stereocenters. The van der Waals surface area contributed by atoms with Crippen LogP contribution in [0.25, 0.3) is 10.9 Å². The normalized spacial score (nSPS) is 10.6. The second kappa shape index (κ2) is 6.66. The Morgan fingerprint density at radius 1 is 1.08 bits per heavy atom. The van der Waals surface area contributed by atoms with Gasteiger partial charge < -0.3 is 19.4 Å². The smallest absolute Gasteiger partial charge is 0.252 e. The highest BCUT2D eigenvalue weighted by atomic mass is 16.5. The number of fused-ring (bicyclic) bond motifs is 1. The van der Waals surface area contributed by atoms with E-state index in [9.17, 15) is 4.79 Å². The third kappa shape index (κ3) is 2.93. The molecule has 0 radical (unpaired) electrons. The average molecular weight is 324 g/mol. The van der Waals surface area contributed by atoms with Gasteiger partial charge in [-0.1, -0.05) is 12.1 Å². The minimum Gasteiger partial charge on any atom is -0.493 e. The van der Waals surface area contributed by atoms with Gasteiger partial charge in [0.25, 0.3) is 5.91 Å². The highest BCUT2D eigenvalue weighted by Gasteiger charge is 2.12. The second-order valence-electron chi connectivity index (χ2n) is 5.54. The number of hydrogen-bond acceptors (Lipinski definition) is 3. The van der Waals surface area contributed by atoms with E-state index in [4.69, 9.17) is 9.47 Å². The van der Waals surface area contributed by atoms with Gasteiger partial charge in [-0.15, -0.1) is 0 Å². The van der Waals surface area contributed by atoms with Crippen molar-refractivity contribution in [2.75, 3.05) is 14.2 Å². The number of methoxy groups -OCH3 is 2. The Bertz CT molecular complexity index is 883. The second-order valence-corrected chi connectivity index (χ2v) is 5.54. The first kappa shape index (κ1) is 15.9. The number of carbonyl (C=O) groups is 1. The number of carbonyl (C=O) groups excluding carboxylic acids is 1. The third-order valence-electron chi connectivity index (χ3n) is 4.07. The summed E-state index contributed by atoms with van der Waals surface area (Å²) in [4.78, 5) is 12.5. The van der Waals surface area contributed by atoms with Crippen molar-refractivity contribution in [1.29, 1.82) is 0 Å². The number of aromatic nitrogens is 1. The largest absolute Gasteiger partial charge is 0.493 e. The number of benzene rings is 2. The fraction of sp³-hybridized carbons (Fsp3) is 0.211. The van der Waals surface area contributed by atoms with Crippen LogP contribution in [0.3, 0.4) is 0 Å². The molecule has 0 aliphatic rings. The predicted octanol–water partition coefficient (Wildman–Crippen LogP) is 3.13. The van der Waals surface area contributed by atoms with Gasteiger partial charge in [-0.2, -0.15) is 0 Å². The van der Waals surface area contributed by atoms with Gasteiger partial charge in [-0.3, -0.25) is 4.79 Å². The first-order valence-corrected chi connectivity index (χ1v) is 7.67. The van der Waals surface area contributed by atoms with Crippen molar-refractivity contribution in [2.45, 2.75) is 6.54 Å². The molecule has 124 valence electrons. The molecule has 0 aliphatic carbocycles. The summed E-state index contributed by atoms with van der Waals surface area (Å²) in [6, 6.07) is 13.3. The maximum absolute atomic E-state index is 12.5. The number of rotatable bonds is 5. The lowest BCUT2D eigenvalue weighted by Crippen LogP contribution is -2.23. The van der Waals surface area contributed by atoms with Crippen molar-refractivity contribution >= 4 is 16.8 Å². The minimum atomic E-state index is -0.0958. The zero-order valence-corrected chi connectivity index (χ0v) is 14.0. The van der Waals surface area contributed by atoms with E-state index in [1.54, 1.807) is 14.2 Å². The molecule has 0 aliphatic heterocycles. The first-order chi connectivity index (χ1) is 11.6. The van der Waals surface area contributed by atoms with Crippen LogP contribution in [-0.4, -0.2) is 24.7 Å². The van der Waals surface area contributed by atoms with Crippen molar-refractivity contribution in [3.63, 3.8) is 0 Å². The highest BCUT2D eigenvalue weighted by molar-refractivity contribution is 6.06. The lowest BCUT2D eigenvalue weighted by atomic mass is 10.1. The number of aryl methyl sites for hydroxylation is 1. The van der Waals surface area contributed by atoms with E-state index in [1.165, 1.54) is 0 Å². The molecule has 0 bridgehead atoms. The molecule has 0 spiro atoms. The molecule has 3 rings (SSSR count). The van der Waals surface area contributed by atoms with E-state index in [0.717, 1.165) is 16.5 Å². The quantitative estimate of drug-likeness (QED) is 0.784. The molecule has 5 heteroatoms. The van der Waals surface area contributed by atoms with Gasteiger partial charge in [0.15, 0.2) is 11.5 Å². The van der Waals surface area contributed by atoms with Crippen LogP contribution >= 0.6 is 0 Å². The van der Waals surface area contributed by atoms with Crippen molar-refractivity contribution < 1.29 is 14.3 Å². The van der Waals surface area contributed by atoms with Crippen LogP contribution in [0.5, 0.6) is 11.5 Å². The van der Waals surface area contributed by atoms with Crippen LogP contribution in [0, 0.1) is 0 Å². The monoisotopic (exact) mass is 324 g/mol. The molecule has 3 aromatic rings. The number of ether oxygens (including phenoxy) is 2. The summed E-state index contributed by atoms with van der Waals surface area (Å²) in [6.45, 7) is 0.419. The Hall–Kier alpha value is -2.95. The van der Waals surface area contributed by atoms with Gasteiger partial charge in [0.05, 0.1) is 14.2 Å². The molecule has 0 atom stereocenters. The lowest BCUT2D eigenvalue weighted by Gasteiger charge is -2.11. The topological polar surface area (TPSA) is 52.5 Å². The van der Waals surface area contributed by atoms with E-state index in [0.29, 0.717) is 23.6 Å². The minimum absolute atomic E-state index is 0.0958. The van der Waals surface area contributed by atoms with Crippen molar-refractivity contribution in [3.8, 4) is 11.5 Å². The first-order valence-electron chi connectivity index (χ1n) is 7.67. The molecular weight excluding hydrogens is 304 g/mol. The van der Waals surface area contributed by atoms with Gasteiger partial charge in [-0.05, 0) is 35.9 Å². The van der Waals surface area contributed by atoms with Gasteiger partial charge in [0.1, 0.15) is 0 Å². The molecule has 0 saturated carbocycles. The van der Waals surface area contributed by atoms with Gasteiger partial charge in [0, 0.05) is 36.3 Å². The van der Waals surface area contributed by atoms with Crippen molar-refractivity contribution in [2.24, 2.45) is 7.05 Å². The summed E-state index contributed by atoms with van der Waals surface area (Å²) in [5, 5.41) is 3.91. The Labute approximate surface area is 140 Å². The highest BCUT2D eigenvalue weighted by Crippen LogP contribution is 2.27. The van der Waals surface area contributed by atoms with Crippen LogP contribution < -0.4 is 14.8 Å². The van der Waals surface area contributed by atoms with Crippen molar-refractivity contribution in [1.82, 2.24) is 9.88 Å². The molecule has 5 nitrogen and oxygen atoms in total. The maximum Gasteiger partial charge on any atom is 0.252 e. The summed E-state index contributed by atoms with van der Waals surface area (Å²) in [7, 11) is 5.16. The molecule has 0 saturated heterocycles. The Morgan fingerprint density at radius 2 is 1.88 bits per heavy atom. The fourth-order valence-corrected chi connectivity index (χ4v) is 2.77. The van der Waals surface area contributed by atoms with Crippen LogP contribution in [0.2, 0.25) is 0 Å². The summed E-state index contributed by atoms with van der Waals surface area (Å²) in [5.74, 6) is 1.22. The number of hydrogen-bond donors (Lipinski definition) is 1. The van der Waals surface area contributed by atoms with E-state index in [-0.39, 0.29) is 5.91 Å². The molecule has 1 aromatic heterocycles. The van der Waals surface area contributed by atoms with Gasteiger partial charge in [-0.25, -0.2) is 0 Å². The van der Waals surface area contributed by atoms with Gasteiger partial charge >= 0.3 is 0 Å². The van der Waals surface area contributed by atoms with E-state index < -0.39 is 0 Å². The molecule has 24 heavy (non-hydrogen) atoms. The van der Waals surface area contributed by atoms with Crippen LogP contribution in [0.15, 0.2) is 48.7 Å². The third-order valence-corrected chi connectivity index (χ3v) is 4.07. The Kier molecular flexibility index (Phi) is 4.42. The van der Waals surface area contributed by atoms with Crippen LogP contribution in [0.1, 0.15) is 15.9 Å². The SMILES string of the molecule is COc1ccc(CNC(=O)c2cccc3c2ccn3C)cc1OC. The van der Waals surface area contributed by atoms with E-state index in [2.05, 4.69) is 5.32 Å². The summed E-state index contributed by atoms with van der Waals surface area (Å²) in [5.41, 5.74) is 2.66. The zero-order valence-electron chi connectivity index (χ0n) is 14.0. The molecular formula is C19H20N2O3. The molecule has 0 fully saturated rings. The lowest BCUT2D eigenvalue weighted by molar-refractivity contribution is 0.0952. The van der Waals surface area contributed by atoms with Crippen molar-refractivity contribution in [3.05, 3.63) is 59.8 Å². The summed E-state index contributed by atoms with van der Waals surface area (Å²) >= 11 is 0. The number of nitrogens with zero attached hydrogens (tertiary/aromatic N) is 1. The van der Waals surface area contributed by atoms with Crippen LogP contribution in [0.4, 0.5) is 0 Å².